The van der Waals surface area contributed by atoms with E-state index in [4.69, 9.17) is 9.47 Å². The van der Waals surface area contributed by atoms with Crippen LogP contribution in [0.15, 0.2) is 40.1 Å². The van der Waals surface area contributed by atoms with Gasteiger partial charge in [-0.3, -0.25) is 0 Å². The lowest BCUT2D eigenvalue weighted by Gasteiger charge is -2.37. The SMILES string of the molecule is CSc1cc(SC)c(N2COc3cc4c(cc3C2)C4(C)C)c(C)c1N1COc2cc3c(cc2C1)C3(C)C. The molecule has 3 aromatic rings. The van der Waals surface area contributed by atoms with Gasteiger partial charge in [-0.15, -0.1) is 23.5 Å². The normalized spacial score (nSPS) is 19.2. The summed E-state index contributed by atoms with van der Waals surface area (Å²) in [4.78, 5) is 7.43. The highest BCUT2D eigenvalue weighted by atomic mass is 32.2. The Bertz CT molecular complexity index is 1390. The molecule has 0 spiro atoms. The molecule has 0 amide bonds. The van der Waals surface area contributed by atoms with Crippen molar-refractivity contribution < 1.29 is 9.47 Å². The Labute approximate surface area is 228 Å². The van der Waals surface area contributed by atoms with Crippen molar-refractivity contribution in [2.75, 3.05) is 35.8 Å². The molecule has 2 aliphatic heterocycles. The fraction of sp³-hybridized carbons (Fsp3) is 0.419. The van der Waals surface area contributed by atoms with Crippen LogP contribution < -0.4 is 19.3 Å². The minimum absolute atomic E-state index is 0.195. The summed E-state index contributed by atoms with van der Waals surface area (Å²) in [5, 5.41) is 0. The van der Waals surface area contributed by atoms with Gasteiger partial charge in [0.25, 0.3) is 0 Å². The van der Waals surface area contributed by atoms with Crippen LogP contribution in [0.1, 0.15) is 66.6 Å². The largest absolute Gasteiger partial charge is 0.473 e. The third kappa shape index (κ3) is 3.37. The van der Waals surface area contributed by atoms with Gasteiger partial charge < -0.3 is 19.3 Å². The molecule has 0 N–H and O–H groups in total. The minimum Gasteiger partial charge on any atom is -0.473 e. The molecule has 0 fully saturated rings. The van der Waals surface area contributed by atoms with E-state index in [0.717, 1.165) is 24.6 Å². The molecule has 3 aromatic carbocycles. The number of benzene rings is 3. The van der Waals surface area contributed by atoms with Crippen molar-refractivity contribution in [3.8, 4) is 11.5 Å². The Morgan fingerprint density at radius 3 is 1.46 bits per heavy atom. The monoisotopic (exact) mass is 530 g/mol. The van der Waals surface area contributed by atoms with E-state index in [9.17, 15) is 0 Å². The van der Waals surface area contributed by atoms with Crippen molar-refractivity contribution in [3.63, 3.8) is 0 Å². The van der Waals surface area contributed by atoms with Crippen LogP contribution in [-0.2, 0) is 23.9 Å². The van der Waals surface area contributed by atoms with Crippen molar-refractivity contribution in [1.82, 2.24) is 0 Å². The summed E-state index contributed by atoms with van der Waals surface area (Å²) in [5.74, 6) is 2.10. The molecular weight excluding hydrogens is 496 g/mol. The summed E-state index contributed by atoms with van der Waals surface area (Å²) < 4.78 is 12.7. The zero-order chi connectivity index (χ0) is 25.9. The number of rotatable bonds is 4. The van der Waals surface area contributed by atoms with Crippen molar-refractivity contribution in [1.29, 1.82) is 0 Å². The minimum atomic E-state index is 0.195. The Hall–Kier alpha value is -2.44. The average Bonchev–Trinajstić information content (AvgIpc) is 3.65. The second-order valence-corrected chi connectivity index (χ2v) is 13.5. The molecule has 7 rings (SSSR count). The van der Waals surface area contributed by atoms with E-state index in [1.54, 1.807) is 0 Å². The van der Waals surface area contributed by atoms with Gasteiger partial charge in [-0.2, -0.15) is 0 Å². The van der Waals surface area contributed by atoms with Crippen molar-refractivity contribution >= 4 is 34.9 Å². The summed E-state index contributed by atoms with van der Waals surface area (Å²) in [6, 6.07) is 11.6. The van der Waals surface area contributed by atoms with E-state index in [1.807, 2.05) is 23.5 Å². The van der Waals surface area contributed by atoms with Crippen molar-refractivity contribution in [3.05, 3.63) is 69.3 Å². The molecule has 192 valence electrons. The molecule has 2 heterocycles. The molecule has 0 unspecified atom stereocenters. The second-order valence-electron chi connectivity index (χ2n) is 11.8. The quantitative estimate of drug-likeness (QED) is 0.325. The van der Waals surface area contributed by atoms with Gasteiger partial charge in [0, 0.05) is 44.8 Å². The average molecular weight is 531 g/mol. The molecular formula is C31H34N2O2S2. The Morgan fingerprint density at radius 2 is 1.05 bits per heavy atom. The van der Waals surface area contributed by atoms with E-state index in [0.29, 0.717) is 13.5 Å². The number of hydrogen-bond donors (Lipinski definition) is 0. The molecule has 37 heavy (non-hydrogen) atoms. The van der Waals surface area contributed by atoms with E-state index in [1.165, 1.54) is 60.1 Å². The summed E-state index contributed by atoms with van der Waals surface area (Å²) in [5.41, 5.74) is 12.6. The predicted molar refractivity (Wildman–Crippen MR) is 155 cm³/mol. The third-order valence-electron chi connectivity index (χ3n) is 8.96. The lowest BCUT2D eigenvalue weighted by atomic mass is 10.1. The van der Waals surface area contributed by atoms with Gasteiger partial charge in [0.2, 0.25) is 0 Å². The van der Waals surface area contributed by atoms with E-state index in [-0.39, 0.29) is 10.8 Å². The molecule has 0 bridgehead atoms. The topological polar surface area (TPSA) is 24.9 Å². The first-order valence-electron chi connectivity index (χ1n) is 13.0. The van der Waals surface area contributed by atoms with E-state index >= 15 is 0 Å². The van der Waals surface area contributed by atoms with Crippen LogP contribution >= 0.6 is 23.5 Å². The number of hydrogen-bond acceptors (Lipinski definition) is 6. The smallest absolute Gasteiger partial charge is 0.161 e. The lowest BCUT2D eigenvalue weighted by molar-refractivity contribution is 0.286. The Balaban J connectivity index is 1.26. The number of anilines is 2. The molecule has 0 aromatic heterocycles. The predicted octanol–water partition coefficient (Wildman–Crippen LogP) is 7.43. The summed E-state index contributed by atoms with van der Waals surface area (Å²) in [7, 11) is 0. The van der Waals surface area contributed by atoms with Gasteiger partial charge in [0.1, 0.15) is 11.5 Å². The van der Waals surface area contributed by atoms with Gasteiger partial charge in [-0.25, -0.2) is 0 Å². The second kappa shape index (κ2) is 7.79. The first-order chi connectivity index (χ1) is 17.6. The van der Waals surface area contributed by atoms with Gasteiger partial charge in [0.15, 0.2) is 13.5 Å². The molecule has 0 atom stereocenters. The highest BCUT2D eigenvalue weighted by molar-refractivity contribution is 7.99. The maximum Gasteiger partial charge on any atom is 0.161 e. The number of ether oxygens (including phenoxy) is 2. The maximum absolute atomic E-state index is 6.35. The fourth-order valence-corrected chi connectivity index (χ4v) is 7.96. The molecule has 6 heteroatoms. The maximum atomic E-state index is 6.35. The zero-order valence-electron chi connectivity index (χ0n) is 22.7. The standard InChI is InChI=1S/C31H34N2O2S2/c1-17-28(32-13-18-8-20-22(30(20,2)3)10-24(18)34-15-32)26(36-6)12-27(37-7)29(17)33-14-19-9-21-23(31(21,4)5)11-25(19)35-16-33/h8-12H,13-16H2,1-7H3. The van der Waals surface area contributed by atoms with Crippen LogP contribution in [0.4, 0.5) is 11.4 Å². The first kappa shape index (κ1) is 23.7. The van der Waals surface area contributed by atoms with E-state index in [2.05, 4.69) is 87.3 Å². The first-order valence-corrected chi connectivity index (χ1v) is 15.5. The molecule has 0 saturated carbocycles. The zero-order valence-corrected chi connectivity index (χ0v) is 24.4. The number of thioether (sulfide) groups is 2. The molecule has 4 nitrogen and oxygen atoms in total. The molecule has 4 aliphatic rings. The Morgan fingerprint density at radius 1 is 0.649 bits per heavy atom. The van der Waals surface area contributed by atoms with E-state index < -0.39 is 0 Å². The van der Waals surface area contributed by atoms with Gasteiger partial charge in [0.05, 0.1) is 11.4 Å². The van der Waals surface area contributed by atoms with Crippen LogP contribution in [-0.4, -0.2) is 26.0 Å². The summed E-state index contributed by atoms with van der Waals surface area (Å²) >= 11 is 3.64. The van der Waals surface area contributed by atoms with Crippen LogP contribution in [0.3, 0.4) is 0 Å². The van der Waals surface area contributed by atoms with Gasteiger partial charge in [-0.1, -0.05) is 27.7 Å². The third-order valence-corrected chi connectivity index (χ3v) is 10.5. The number of fused-ring (bicyclic) bond motifs is 4. The molecule has 0 radical (unpaired) electrons. The summed E-state index contributed by atoms with van der Waals surface area (Å²) in [6.07, 6.45) is 4.36. The van der Waals surface area contributed by atoms with Crippen LogP contribution in [0.2, 0.25) is 0 Å². The highest BCUT2D eigenvalue weighted by Gasteiger charge is 2.44. The van der Waals surface area contributed by atoms with Crippen LogP contribution in [0.25, 0.3) is 0 Å². The van der Waals surface area contributed by atoms with Crippen LogP contribution in [0, 0.1) is 6.92 Å². The van der Waals surface area contributed by atoms with Gasteiger partial charge in [-0.05, 0) is 77.6 Å². The van der Waals surface area contributed by atoms with Crippen molar-refractivity contribution in [2.45, 2.75) is 68.3 Å². The fourth-order valence-electron chi connectivity index (χ4n) is 6.46. The van der Waals surface area contributed by atoms with Crippen molar-refractivity contribution in [2.24, 2.45) is 0 Å². The summed E-state index contributed by atoms with van der Waals surface area (Å²) in [6.45, 7) is 14.4. The lowest BCUT2D eigenvalue weighted by Crippen LogP contribution is -2.35. The number of nitrogens with zero attached hydrogens (tertiary/aromatic N) is 2. The Kier molecular flexibility index (Phi) is 4.98. The molecule has 0 saturated heterocycles. The highest BCUT2D eigenvalue weighted by Crippen LogP contribution is 2.54. The van der Waals surface area contributed by atoms with Crippen LogP contribution in [0.5, 0.6) is 11.5 Å². The van der Waals surface area contributed by atoms with Gasteiger partial charge >= 0.3 is 0 Å². The molecule has 2 aliphatic carbocycles.